The van der Waals surface area contributed by atoms with Crippen molar-refractivity contribution < 1.29 is 14.3 Å². The summed E-state index contributed by atoms with van der Waals surface area (Å²) in [6, 6.07) is 0. The average Bonchev–Trinajstić information content (AvgIpc) is 3.07. The smallest absolute Gasteiger partial charge is 0.341 e. The molecule has 1 fully saturated rings. The van der Waals surface area contributed by atoms with E-state index in [2.05, 4.69) is 10.2 Å². The van der Waals surface area contributed by atoms with Crippen LogP contribution >= 0.6 is 23.6 Å². The molecule has 0 aromatic carbocycles. The number of nitrogens with one attached hydrogen (secondary N) is 1. The highest BCUT2D eigenvalue weighted by atomic mass is 32.1. The van der Waals surface area contributed by atoms with E-state index in [0.29, 0.717) is 23.9 Å². The third-order valence-corrected chi connectivity index (χ3v) is 5.40. The Morgan fingerprint density at radius 1 is 1.38 bits per heavy atom. The molecule has 0 unspecified atom stereocenters. The number of ether oxygens (including phenoxy) is 2. The molecular formula is C14H18N2O3S2. The molecule has 1 saturated heterocycles. The number of hydrogen-bond donors (Lipinski definition) is 1. The molecule has 3 rings (SSSR count). The number of methoxy groups -OCH3 is 1. The Hall–Kier alpha value is -1.18. The summed E-state index contributed by atoms with van der Waals surface area (Å²) < 4.78 is 10.3. The van der Waals surface area contributed by atoms with Crippen LogP contribution in [-0.4, -0.2) is 49.4 Å². The van der Waals surface area contributed by atoms with E-state index in [0.717, 1.165) is 42.9 Å². The summed E-state index contributed by atoms with van der Waals surface area (Å²) in [5, 5.41) is 4.72. The van der Waals surface area contributed by atoms with Crippen LogP contribution in [0, 0.1) is 0 Å². The van der Waals surface area contributed by atoms with E-state index >= 15 is 0 Å². The number of rotatable bonds is 2. The largest absolute Gasteiger partial charge is 0.465 e. The third-order valence-electron chi connectivity index (χ3n) is 3.83. The highest BCUT2D eigenvalue weighted by Crippen LogP contribution is 2.39. The Kier molecular flexibility index (Phi) is 4.42. The summed E-state index contributed by atoms with van der Waals surface area (Å²) in [5.41, 5.74) is 1.81. The van der Waals surface area contributed by atoms with Crippen LogP contribution in [0.3, 0.4) is 0 Å². The van der Waals surface area contributed by atoms with E-state index in [4.69, 9.17) is 21.7 Å². The van der Waals surface area contributed by atoms with Gasteiger partial charge < -0.3 is 19.7 Å². The Morgan fingerprint density at radius 3 is 2.86 bits per heavy atom. The van der Waals surface area contributed by atoms with Gasteiger partial charge in [-0.1, -0.05) is 0 Å². The fraction of sp³-hybridized carbons (Fsp3) is 0.571. The number of hydrogen-bond acceptors (Lipinski definition) is 5. The van der Waals surface area contributed by atoms with E-state index in [9.17, 15) is 4.79 Å². The molecule has 1 aromatic rings. The Labute approximate surface area is 133 Å². The molecule has 21 heavy (non-hydrogen) atoms. The van der Waals surface area contributed by atoms with Gasteiger partial charge in [-0.25, -0.2) is 4.79 Å². The lowest BCUT2D eigenvalue weighted by Crippen LogP contribution is -2.42. The monoisotopic (exact) mass is 326 g/mol. The highest BCUT2D eigenvalue weighted by Gasteiger charge is 2.28. The lowest BCUT2D eigenvalue weighted by atomic mass is 10.1. The van der Waals surface area contributed by atoms with Gasteiger partial charge in [0.25, 0.3) is 0 Å². The predicted octanol–water partition coefficient (Wildman–Crippen LogP) is 2.05. The minimum Gasteiger partial charge on any atom is -0.465 e. The van der Waals surface area contributed by atoms with Gasteiger partial charge in [0, 0.05) is 18.0 Å². The molecule has 7 heteroatoms. The zero-order valence-corrected chi connectivity index (χ0v) is 13.6. The number of carbonyl (C=O) groups is 1. The van der Waals surface area contributed by atoms with Crippen molar-refractivity contribution in [1.29, 1.82) is 0 Å². The number of esters is 1. The van der Waals surface area contributed by atoms with Gasteiger partial charge in [-0.05, 0) is 37.0 Å². The molecule has 2 heterocycles. The van der Waals surface area contributed by atoms with Crippen molar-refractivity contribution in [3.63, 3.8) is 0 Å². The quantitative estimate of drug-likeness (QED) is 0.663. The molecular weight excluding hydrogens is 308 g/mol. The van der Waals surface area contributed by atoms with Crippen molar-refractivity contribution >= 4 is 39.6 Å². The topological polar surface area (TPSA) is 50.8 Å². The van der Waals surface area contributed by atoms with Gasteiger partial charge in [0.1, 0.15) is 5.00 Å². The molecule has 2 aliphatic rings. The highest BCUT2D eigenvalue weighted by molar-refractivity contribution is 7.80. The van der Waals surface area contributed by atoms with Crippen molar-refractivity contribution in [2.75, 3.05) is 38.7 Å². The summed E-state index contributed by atoms with van der Waals surface area (Å²) in [6.45, 7) is 2.94. The first-order valence-corrected chi connectivity index (χ1v) is 8.29. The van der Waals surface area contributed by atoms with Crippen LogP contribution in [0.25, 0.3) is 0 Å². The SMILES string of the molecule is COC(=O)c1c(NC(=S)N2CCOCC2)sc2c1CCC2. The van der Waals surface area contributed by atoms with Gasteiger partial charge in [-0.15, -0.1) is 11.3 Å². The van der Waals surface area contributed by atoms with Crippen LogP contribution in [0.2, 0.25) is 0 Å². The Morgan fingerprint density at radius 2 is 2.14 bits per heavy atom. The normalized spacial score (nSPS) is 17.5. The van der Waals surface area contributed by atoms with E-state index in [1.807, 2.05) is 0 Å². The van der Waals surface area contributed by atoms with Crippen LogP contribution in [-0.2, 0) is 22.3 Å². The summed E-state index contributed by atoms with van der Waals surface area (Å²) >= 11 is 7.09. The number of thiocarbonyl (C=S) groups is 1. The number of fused-ring (bicyclic) bond motifs is 1. The molecule has 1 aliphatic heterocycles. The molecule has 5 nitrogen and oxygen atoms in total. The Balaban J connectivity index is 1.81. The lowest BCUT2D eigenvalue weighted by molar-refractivity contribution is 0.0601. The molecule has 0 saturated carbocycles. The van der Waals surface area contributed by atoms with E-state index in [1.165, 1.54) is 12.0 Å². The number of anilines is 1. The second kappa shape index (κ2) is 6.29. The number of aryl methyl sites for hydroxylation is 1. The number of nitrogens with zero attached hydrogens (tertiary/aromatic N) is 1. The minimum atomic E-state index is -0.276. The van der Waals surface area contributed by atoms with Gasteiger partial charge >= 0.3 is 5.97 Å². The van der Waals surface area contributed by atoms with Crippen molar-refractivity contribution in [3.05, 3.63) is 16.0 Å². The van der Waals surface area contributed by atoms with Gasteiger partial charge in [0.05, 0.1) is 25.9 Å². The van der Waals surface area contributed by atoms with E-state index in [-0.39, 0.29) is 5.97 Å². The standard InChI is InChI=1S/C14H18N2O3S2/c1-18-13(17)11-9-3-2-4-10(9)21-12(11)15-14(20)16-5-7-19-8-6-16/h2-8H2,1H3,(H,15,20). The first kappa shape index (κ1) is 14.7. The van der Waals surface area contributed by atoms with Crippen LogP contribution in [0.4, 0.5) is 5.00 Å². The average molecular weight is 326 g/mol. The van der Waals surface area contributed by atoms with Crippen LogP contribution in [0.1, 0.15) is 27.2 Å². The van der Waals surface area contributed by atoms with Crippen molar-refractivity contribution in [3.8, 4) is 0 Å². The molecule has 1 aliphatic carbocycles. The molecule has 0 radical (unpaired) electrons. The second-order valence-corrected chi connectivity index (χ2v) is 6.57. The summed E-state index contributed by atoms with van der Waals surface area (Å²) in [4.78, 5) is 15.4. The van der Waals surface area contributed by atoms with Gasteiger partial charge in [0.15, 0.2) is 5.11 Å². The molecule has 0 amide bonds. The summed E-state index contributed by atoms with van der Waals surface area (Å²) in [6.07, 6.45) is 3.09. The molecule has 1 aromatic heterocycles. The molecule has 0 spiro atoms. The first-order chi connectivity index (χ1) is 10.2. The third kappa shape index (κ3) is 2.90. The molecule has 0 bridgehead atoms. The number of morpholine rings is 1. The van der Waals surface area contributed by atoms with Crippen LogP contribution in [0.5, 0.6) is 0 Å². The zero-order chi connectivity index (χ0) is 14.8. The number of thiophene rings is 1. The van der Waals surface area contributed by atoms with Crippen molar-refractivity contribution in [2.45, 2.75) is 19.3 Å². The van der Waals surface area contributed by atoms with Crippen molar-refractivity contribution in [1.82, 2.24) is 4.90 Å². The maximum Gasteiger partial charge on any atom is 0.341 e. The maximum atomic E-state index is 12.1. The van der Waals surface area contributed by atoms with Crippen LogP contribution in [0.15, 0.2) is 0 Å². The maximum absolute atomic E-state index is 12.1. The fourth-order valence-electron chi connectivity index (χ4n) is 2.75. The van der Waals surface area contributed by atoms with Gasteiger partial charge in [-0.2, -0.15) is 0 Å². The molecule has 1 N–H and O–H groups in total. The summed E-state index contributed by atoms with van der Waals surface area (Å²) in [7, 11) is 1.42. The fourth-order valence-corrected chi connectivity index (χ4v) is 4.38. The van der Waals surface area contributed by atoms with Gasteiger partial charge in [-0.3, -0.25) is 0 Å². The Bertz CT molecular complexity index is 565. The first-order valence-electron chi connectivity index (χ1n) is 7.07. The van der Waals surface area contributed by atoms with E-state index in [1.54, 1.807) is 11.3 Å². The minimum absolute atomic E-state index is 0.276. The van der Waals surface area contributed by atoms with Gasteiger partial charge in [0.2, 0.25) is 0 Å². The lowest BCUT2D eigenvalue weighted by Gasteiger charge is -2.29. The molecule has 0 atom stereocenters. The van der Waals surface area contributed by atoms with Crippen LogP contribution < -0.4 is 5.32 Å². The zero-order valence-electron chi connectivity index (χ0n) is 11.9. The predicted molar refractivity (Wildman–Crippen MR) is 86.3 cm³/mol. The van der Waals surface area contributed by atoms with Crippen molar-refractivity contribution in [2.24, 2.45) is 0 Å². The van der Waals surface area contributed by atoms with E-state index < -0.39 is 0 Å². The molecule has 114 valence electrons. The second-order valence-electron chi connectivity index (χ2n) is 5.08. The summed E-state index contributed by atoms with van der Waals surface area (Å²) in [5.74, 6) is -0.276. The number of carbonyl (C=O) groups excluding carboxylic acids is 1.